The molecular weight excluding hydrogens is 220 g/mol. The summed E-state index contributed by atoms with van der Waals surface area (Å²) >= 11 is 0. The van der Waals surface area contributed by atoms with E-state index in [1.54, 1.807) is 0 Å². The lowest BCUT2D eigenvalue weighted by atomic mass is 10.0. The molecule has 2 atom stereocenters. The van der Waals surface area contributed by atoms with Crippen molar-refractivity contribution in [1.82, 2.24) is 10.6 Å². The molecule has 0 saturated carbocycles. The van der Waals surface area contributed by atoms with Crippen LogP contribution in [-0.4, -0.2) is 51.0 Å². The molecule has 0 aliphatic carbocycles. The summed E-state index contributed by atoms with van der Waals surface area (Å²) in [6.07, 6.45) is 1.84. The monoisotopic (exact) mass is 242 g/mol. The second-order valence-electron chi connectivity index (χ2n) is 4.70. The van der Waals surface area contributed by atoms with Gasteiger partial charge in [-0.2, -0.15) is 0 Å². The molecule has 0 aromatic carbocycles. The molecule has 0 bridgehead atoms. The Bertz CT molecular complexity index is 254. The van der Waals surface area contributed by atoms with Gasteiger partial charge in [-0.05, 0) is 19.4 Å². The number of nitrogens with one attached hydrogen (secondary N) is 2. The van der Waals surface area contributed by atoms with E-state index in [4.69, 9.17) is 9.47 Å². The molecule has 0 aromatic heterocycles. The molecule has 2 unspecified atom stereocenters. The molecule has 2 N–H and O–H groups in total. The Balaban J connectivity index is 1.81. The summed E-state index contributed by atoms with van der Waals surface area (Å²) in [7, 11) is 0. The van der Waals surface area contributed by atoms with E-state index in [0.29, 0.717) is 13.2 Å². The molecule has 0 radical (unpaired) electrons. The quantitative estimate of drug-likeness (QED) is 0.723. The fourth-order valence-electron chi connectivity index (χ4n) is 2.43. The van der Waals surface area contributed by atoms with Crippen LogP contribution in [0.3, 0.4) is 0 Å². The first-order valence-electron chi connectivity index (χ1n) is 6.50. The molecule has 98 valence electrons. The van der Waals surface area contributed by atoms with E-state index >= 15 is 0 Å². The molecule has 0 spiro atoms. The number of amides is 1. The van der Waals surface area contributed by atoms with Crippen molar-refractivity contribution in [2.24, 2.45) is 5.92 Å². The van der Waals surface area contributed by atoms with E-state index in [2.05, 4.69) is 10.6 Å². The minimum atomic E-state index is -0.0437. The third-order valence-electron chi connectivity index (χ3n) is 3.45. The fourth-order valence-corrected chi connectivity index (χ4v) is 2.43. The molecule has 2 fully saturated rings. The van der Waals surface area contributed by atoms with E-state index in [0.717, 1.165) is 32.6 Å². The van der Waals surface area contributed by atoms with Crippen LogP contribution in [0.15, 0.2) is 0 Å². The van der Waals surface area contributed by atoms with E-state index in [1.165, 1.54) is 0 Å². The highest BCUT2D eigenvalue weighted by Gasteiger charge is 2.34. The standard InChI is InChI=1S/C12H22N2O3/c1-2-13-11-8-17-7-10(11)12(15)14-9-3-5-16-6-4-9/h9-11,13H,2-8H2,1H3,(H,14,15). The molecule has 2 rings (SSSR count). The van der Waals surface area contributed by atoms with Gasteiger partial charge < -0.3 is 20.1 Å². The van der Waals surface area contributed by atoms with Crippen LogP contribution < -0.4 is 10.6 Å². The second-order valence-corrected chi connectivity index (χ2v) is 4.70. The summed E-state index contributed by atoms with van der Waals surface area (Å²) in [5, 5.41) is 6.41. The Morgan fingerprint density at radius 1 is 1.24 bits per heavy atom. The van der Waals surface area contributed by atoms with Gasteiger partial charge in [-0.15, -0.1) is 0 Å². The predicted octanol–water partition coefficient (Wildman–Crippen LogP) is -0.0939. The van der Waals surface area contributed by atoms with Crippen molar-refractivity contribution in [1.29, 1.82) is 0 Å². The molecule has 5 heteroatoms. The summed E-state index contributed by atoms with van der Waals surface area (Å²) in [6, 6.07) is 0.443. The molecule has 17 heavy (non-hydrogen) atoms. The van der Waals surface area contributed by atoms with Gasteiger partial charge in [0.2, 0.25) is 5.91 Å². The average Bonchev–Trinajstić information content (AvgIpc) is 2.79. The Morgan fingerprint density at radius 3 is 2.71 bits per heavy atom. The van der Waals surface area contributed by atoms with Crippen molar-refractivity contribution in [3.05, 3.63) is 0 Å². The van der Waals surface area contributed by atoms with Crippen molar-refractivity contribution in [2.45, 2.75) is 31.8 Å². The fraction of sp³-hybridized carbons (Fsp3) is 0.917. The number of carbonyl (C=O) groups is 1. The summed E-state index contributed by atoms with van der Waals surface area (Å²) in [6.45, 7) is 5.60. The van der Waals surface area contributed by atoms with Crippen LogP contribution in [0.2, 0.25) is 0 Å². The largest absolute Gasteiger partial charge is 0.381 e. The number of rotatable bonds is 4. The normalized spacial score (nSPS) is 30.4. The van der Waals surface area contributed by atoms with Crippen molar-refractivity contribution < 1.29 is 14.3 Å². The summed E-state index contributed by atoms with van der Waals surface area (Å²) in [4.78, 5) is 12.1. The van der Waals surface area contributed by atoms with Crippen molar-refractivity contribution in [2.75, 3.05) is 33.0 Å². The molecule has 2 aliphatic heterocycles. The maximum atomic E-state index is 12.1. The zero-order chi connectivity index (χ0) is 12.1. The number of hydrogen-bond donors (Lipinski definition) is 2. The Hall–Kier alpha value is -0.650. The Labute approximate surface area is 102 Å². The van der Waals surface area contributed by atoms with Crippen molar-refractivity contribution >= 4 is 5.91 Å². The van der Waals surface area contributed by atoms with Crippen LogP contribution in [0.1, 0.15) is 19.8 Å². The van der Waals surface area contributed by atoms with Crippen LogP contribution in [0.4, 0.5) is 0 Å². The summed E-state index contributed by atoms with van der Waals surface area (Å²) in [5.41, 5.74) is 0. The molecule has 1 amide bonds. The summed E-state index contributed by atoms with van der Waals surface area (Å²) in [5.74, 6) is 0.0816. The molecular formula is C12H22N2O3. The third kappa shape index (κ3) is 3.40. The van der Waals surface area contributed by atoms with Crippen molar-refractivity contribution in [3.63, 3.8) is 0 Å². The van der Waals surface area contributed by atoms with Crippen LogP contribution in [0.25, 0.3) is 0 Å². The zero-order valence-corrected chi connectivity index (χ0v) is 10.4. The van der Waals surface area contributed by atoms with E-state index in [1.807, 2.05) is 6.92 Å². The highest BCUT2D eigenvalue weighted by molar-refractivity contribution is 5.80. The minimum absolute atomic E-state index is 0.0437. The third-order valence-corrected chi connectivity index (χ3v) is 3.45. The lowest BCUT2D eigenvalue weighted by molar-refractivity contribution is -0.126. The van der Waals surface area contributed by atoms with Gasteiger partial charge in [0.25, 0.3) is 0 Å². The van der Waals surface area contributed by atoms with Crippen LogP contribution in [0.5, 0.6) is 0 Å². The van der Waals surface area contributed by atoms with Gasteiger partial charge in [0, 0.05) is 25.3 Å². The maximum Gasteiger partial charge on any atom is 0.227 e. The number of likely N-dealkylation sites (N-methyl/N-ethyl adjacent to an activating group) is 1. The van der Waals surface area contributed by atoms with Crippen LogP contribution in [-0.2, 0) is 14.3 Å². The number of carbonyl (C=O) groups excluding carboxylic acids is 1. The molecule has 2 aliphatic rings. The van der Waals surface area contributed by atoms with Crippen LogP contribution >= 0.6 is 0 Å². The van der Waals surface area contributed by atoms with E-state index < -0.39 is 0 Å². The SMILES string of the molecule is CCNC1COCC1C(=O)NC1CCOCC1. The van der Waals surface area contributed by atoms with Crippen molar-refractivity contribution in [3.8, 4) is 0 Å². The lowest BCUT2D eigenvalue weighted by Gasteiger charge is -2.26. The first-order chi connectivity index (χ1) is 8.31. The van der Waals surface area contributed by atoms with Gasteiger partial charge in [0.05, 0.1) is 19.1 Å². The summed E-state index contributed by atoms with van der Waals surface area (Å²) < 4.78 is 10.7. The van der Waals surface area contributed by atoms with E-state index in [-0.39, 0.29) is 23.9 Å². The van der Waals surface area contributed by atoms with Gasteiger partial charge in [-0.1, -0.05) is 6.92 Å². The smallest absolute Gasteiger partial charge is 0.227 e. The number of hydrogen-bond acceptors (Lipinski definition) is 4. The highest BCUT2D eigenvalue weighted by Crippen LogP contribution is 2.15. The highest BCUT2D eigenvalue weighted by atomic mass is 16.5. The average molecular weight is 242 g/mol. The Morgan fingerprint density at radius 2 is 2.00 bits per heavy atom. The Kier molecular flexibility index (Phi) is 4.76. The van der Waals surface area contributed by atoms with Gasteiger partial charge in [0.15, 0.2) is 0 Å². The van der Waals surface area contributed by atoms with Gasteiger partial charge >= 0.3 is 0 Å². The molecule has 0 aromatic rings. The topological polar surface area (TPSA) is 59.6 Å². The lowest BCUT2D eigenvalue weighted by Crippen LogP contribution is -2.48. The first-order valence-corrected chi connectivity index (χ1v) is 6.50. The molecule has 2 saturated heterocycles. The zero-order valence-electron chi connectivity index (χ0n) is 10.4. The molecule has 5 nitrogen and oxygen atoms in total. The number of ether oxygens (including phenoxy) is 2. The first kappa shape index (κ1) is 12.8. The predicted molar refractivity (Wildman–Crippen MR) is 63.8 cm³/mol. The van der Waals surface area contributed by atoms with Gasteiger partial charge in [-0.3, -0.25) is 4.79 Å². The maximum absolute atomic E-state index is 12.1. The van der Waals surface area contributed by atoms with Gasteiger partial charge in [0.1, 0.15) is 0 Å². The minimum Gasteiger partial charge on any atom is -0.381 e. The molecule has 2 heterocycles. The van der Waals surface area contributed by atoms with Crippen LogP contribution in [0, 0.1) is 5.92 Å². The second kappa shape index (κ2) is 6.33. The van der Waals surface area contributed by atoms with E-state index in [9.17, 15) is 4.79 Å². The van der Waals surface area contributed by atoms with Gasteiger partial charge in [-0.25, -0.2) is 0 Å².